The van der Waals surface area contributed by atoms with Gasteiger partial charge in [-0.15, -0.1) is 10.2 Å². The highest BCUT2D eigenvalue weighted by molar-refractivity contribution is 8.01. The highest BCUT2D eigenvalue weighted by Gasteiger charge is 2.24. The van der Waals surface area contributed by atoms with Gasteiger partial charge in [0.15, 0.2) is 4.34 Å². The first-order valence-electron chi connectivity index (χ1n) is 8.77. The zero-order valence-corrected chi connectivity index (χ0v) is 18.4. The molecule has 3 rings (SSSR count). The van der Waals surface area contributed by atoms with E-state index in [0.717, 1.165) is 21.9 Å². The van der Waals surface area contributed by atoms with Crippen molar-refractivity contribution in [2.45, 2.75) is 17.8 Å². The maximum atomic E-state index is 12.9. The standard InChI is InChI=1S/C19H20N4O3S3/c1-3-27-19-22-21-18(28-19)20-17(24)15-11-7-8-12-16(15)23(29(2,25)26)13-14-9-5-4-6-10-14/h4-12H,3,13H2,1-2H3,(H,20,21,24). The summed E-state index contributed by atoms with van der Waals surface area (Å²) in [6.07, 6.45) is 1.13. The average Bonchev–Trinajstić information content (AvgIpc) is 3.13. The van der Waals surface area contributed by atoms with Crippen LogP contribution >= 0.6 is 23.1 Å². The lowest BCUT2D eigenvalue weighted by atomic mass is 10.1. The van der Waals surface area contributed by atoms with Crippen molar-refractivity contribution >= 4 is 49.8 Å². The summed E-state index contributed by atoms with van der Waals surface area (Å²) in [5.41, 5.74) is 1.37. The molecule has 0 aliphatic carbocycles. The highest BCUT2D eigenvalue weighted by Crippen LogP contribution is 2.28. The fourth-order valence-electron chi connectivity index (χ4n) is 2.62. The van der Waals surface area contributed by atoms with Gasteiger partial charge in [-0.1, -0.05) is 72.5 Å². The number of thioether (sulfide) groups is 1. The fourth-order valence-corrected chi connectivity index (χ4v) is 5.16. The van der Waals surface area contributed by atoms with E-state index in [9.17, 15) is 13.2 Å². The summed E-state index contributed by atoms with van der Waals surface area (Å²) in [4.78, 5) is 12.9. The Hall–Kier alpha value is -2.43. The van der Waals surface area contributed by atoms with Crippen LogP contribution in [0, 0.1) is 0 Å². The molecule has 1 heterocycles. The molecule has 0 bridgehead atoms. The predicted octanol–water partition coefficient (Wildman–Crippen LogP) is 3.87. The lowest BCUT2D eigenvalue weighted by molar-refractivity contribution is 0.102. The molecule has 2 aromatic carbocycles. The van der Waals surface area contributed by atoms with Gasteiger partial charge in [0.25, 0.3) is 5.91 Å². The van der Waals surface area contributed by atoms with Gasteiger partial charge in [0, 0.05) is 0 Å². The predicted molar refractivity (Wildman–Crippen MR) is 118 cm³/mol. The van der Waals surface area contributed by atoms with Gasteiger partial charge in [-0.05, 0) is 23.4 Å². The van der Waals surface area contributed by atoms with E-state index >= 15 is 0 Å². The number of anilines is 2. The summed E-state index contributed by atoms with van der Waals surface area (Å²) in [6.45, 7) is 2.13. The Labute approximate surface area is 178 Å². The number of carbonyl (C=O) groups is 1. The van der Waals surface area contributed by atoms with Crippen LogP contribution in [0.2, 0.25) is 0 Å². The molecule has 1 N–H and O–H groups in total. The van der Waals surface area contributed by atoms with Crippen LogP contribution in [-0.4, -0.2) is 36.5 Å². The number of carbonyl (C=O) groups excluding carboxylic acids is 1. The highest BCUT2D eigenvalue weighted by atomic mass is 32.2. The number of hydrogen-bond donors (Lipinski definition) is 1. The Morgan fingerprint density at radius 2 is 1.79 bits per heavy atom. The van der Waals surface area contributed by atoms with Crippen molar-refractivity contribution in [2.75, 3.05) is 21.6 Å². The zero-order chi connectivity index (χ0) is 20.9. The van der Waals surface area contributed by atoms with Crippen LogP contribution in [-0.2, 0) is 16.6 Å². The number of hydrogen-bond acceptors (Lipinski definition) is 7. The van der Waals surface area contributed by atoms with Crippen LogP contribution in [0.4, 0.5) is 10.8 Å². The first kappa shape index (κ1) is 21.3. The SMILES string of the molecule is CCSc1nnc(NC(=O)c2ccccc2N(Cc2ccccc2)S(C)(=O)=O)s1. The maximum absolute atomic E-state index is 12.9. The Balaban J connectivity index is 1.91. The summed E-state index contributed by atoms with van der Waals surface area (Å²) in [5.74, 6) is 0.417. The van der Waals surface area contributed by atoms with Gasteiger partial charge in [-0.3, -0.25) is 14.4 Å². The van der Waals surface area contributed by atoms with Crippen molar-refractivity contribution in [3.05, 3.63) is 65.7 Å². The summed E-state index contributed by atoms with van der Waals surface area (Å²) >= 11 is 2.82. The molecule has 0 fully saturated rings. The number of nitrogens with one attached hydrogen (secondary N) is 1. The molecule has 1 amide bonds. The minimum Gasteiger partial charge on any atom is -0.296 e. The Morgan fingerprint density at radius 1 is 1.10 bits per heavy atom. The summed E-state index contributed by atoms with van der Waals surface area (Å²) < 4.78 is 27.0. The second-order valence-electron chi connectivity index (χ2n) is 6.03. The van der Waals surface area contributed by atoms with Crippen LogP contribution in [0.25, 0.3) is 0 Å². The number of benzene rings is 2. The van der Waals surface area contributed by atoms with Crippen molar-refractivity contribution in [1.82, 2.24) is 10.2 Å². The molecule has 10 heteroatoms. The first-order valence-corrected chi connectivity index (χ1v) is 12.4. The normalized spacial score (nSPS) is 11.2. The minimum absolute atomic E-state index is 0.125. The largest absolute Gasteiger partial charge is 0.296 e. The lowest BCUT2D eigenvalue weighted by Gasteiger charge is -2.24. The molecule has 0 spiro atoms. The van der Waals surface area contributed by atoms with E-state index in [2.05, 4.69) is 15.5 Å². The summed E-state index contributed by atoms with van der Waals surface area (Å²) in [7, 11) is -3.62. The third-order valence-corrected chi connectivity index (χ3v) is 6.86. The number of amides is 1. The first-order chi connectivity index (χ1) is 13.9. The number of aromatic nitrogens is 2. The van der Waals surface area contributed by atoms with Crippen LogP contribution in [0.5, 0.6) is 0 Å². The fraction of sp³-hybridized carbons (Fsp3) is 0.211. The quantitative estimate of drug-likeness (QED) is 0.415. The lowest BCUT2D eigenvalue weighted by Crippen LogP contribution is -2.31. The minimum atomic E-state index is -3.62. The van der Waals surface area contributed by atoms with Gasteiger partial charge < -0.3 is 0 Å². The van der Waals surface area contributed by atoms with E-state index in [-0.39, 0.29) is 12.1 Å². The van der Waals surface area contributed by atoms with E-state index < -0.39 is 15.9 Å². The van der Waals surface area contributed by atoms with Gasteiger partial charge >= 0.3 is 0 Å². The number of sulfonamides is 1. The third-order valence-electron chi connectivity index (χ3n) is 3.88. The van der Waals surface area contributed by atoms with E-state index in [1.54, 1.807) is 24.3 Å². The molecule has 0 aliphatic rings. The molecule has 0 saturated heterocycles. The second-order valence-corrected chi connectivity index (χ2v) is 10.4. The molecule has 0 aliphatic heterocycles. The third kappa shape index (κ3) is 5.55. The smallest absolute Gasteiger partial charge is 0.259 e. The number of rotatable bonds is 8. The van der Waals surface area contributed by atoms with Crippen LogP contribution in [0.1, 0.15) is 22.8 Å². The summed E-state index contributed by atoms with van der Waals surface area (Å²) in [6, 6.07) is 15.8. The molecule has 1 aromatic heterocycles. The Morgan fingerprint density at radius 3 is 2.48 bits per heavy atom. The zero-order valence-electron chi connectivity index (χ0n) is 15.9. The molecule has 0 atom stereocenters. The molecule has 0 unspecified atom stereocenters. The van der Waals surface area contributed by atoms with Crippen molar-refractivity contribution in [3.8, 4) is 0 Å². The van der Waals surface area contributed by atoms with E-state index in [1.165, 1.54) is 27.4 Å². The van der Waals surface area contributed by atoms with E-state index in [1.807, 2.05) is 37.3 Å². The van der Waals surface area contributed by atoms with Crippen LogP contribution < -0.4 is 9.62 Å². The van der Waals surface area contributed by atoms with E-state index in [4.69, 9.17) is 0 Å². The summed E-state index contributed by atoms with van der Waals surface area (Å²) in [5, 5.41) is 11.1. The average molecular weight is 449 g/mol. The molecule has 0 saturated carbocycles. The van der Waals surface area contributed by atoms with Gasteiger partial charge in [-0.2, -0.15) is 0 Å². The van der Waals surface area contributed by atoms with E-state index in [0.29, 0.717) is 10.8 Å². The van der Waals surface area contributed by atoms with Gasteiger partial charge in [-0.25, -0.2) is 8.42 Å². The van der Waals surface area contributed by atoms with Crippen LogP contribution in [0.3, 0.4) is 0 Å². The maximum Gasteiger partial charge on any atom is 0.259 e. The second kappa shape index (κ2) is 9.38. The van der Waals surface area contributed by atoms with Crippen molar-refractivity contribution in [2.24, 2.45) is 0 Å². The van der Waals surface area contributed by atoms with Crippen molar-refractivity contribution in [1.29, 1.82) is 0 Å². The van der Waals surface area contributed by atoms with Gasteiger partial charge in [0.1, 0.15) is 0 Å². The monoisotopic (exact) mass is 448 g/mol. The molecule has 3 aromatic rings. The number of nitrogens with zero attached hydrogens (tertiary/aromatic N) is 3. The van der Waals surface area contributed by atoms with Crippen LogP contribution in [0.15, 0.2) is 58.9 Å². The molecule has 0 radical (unpaired) electrons. The van der Waals surface area contributed by atoms with Crippen molar-refractivity contribution in [3.63, 3.8) is 0 Å². The van der Waals surface area contributed by atoms with Gasteiger partial charge in [0.2, 0.25) is 15.2 Å². The van der Waals surface area contributed by atoms with Crippen molar-refractivity contribution < 1.29 is 13.2 Å². The Kier molecular flexibility index (Phi) is 6.88. The Bertz CT molecular complexity index is 1080. The topological polar surface area (TPSA) is 92.3 Å². The molecular weight excluding hydrogens is 428 g/mol. The molecule has 29 heavy (non-hydrogen) atoms. The molecular formula is C19H20N4O3S3. The molecule has 7 nitrogen and oxygen atoms in total. The van der Waals surface area contributed by atoms with Gasteiger partial charge in [0.05, 0.1) is 24.1 Å². The number of para-hydroxylation sites is 1. The molecule has 152 valence electrons.